The van der Waals surface area contributed by atoms with E-state index < -0.39 is 5.60 Å². The van der Waals surface area contributed by atoms with E-state index in [0.29, 0.717) is 16.5 Å². The predicted molar refractivity (Wildman–Crippen MR) is 77.3 cm³/mol. The smallest absolute Gasteiger partial charge is 0.0719 e. The maximum Gasteiger partial charge on any atom is 0.0719 e. The first-order valence-electron chi connectivity index (χ1n) is 6.39. The van der Waals surface area contributed by atoms with Crippen molar-refractivity contribution in [2.45, 2.75) is 45.6 Å². The molecule has 2 unspecified atom stereocenters. The number of aliphatic hydroxyl groups is 1. The molecule has 0 spiro atoms. The van der Waals surface area contributed by atoms with Crippen molar-refractivity contribution in [3.8, 4) is 0 Å². The van der Waals surface area contributed by atoms with E-state index in [1.807, 2.05) is 12.1 Å². The lowest BCUT2D eigenvalue weighted by Gasteiger charge is -2.29. The van der Waals surface area contributed by atoms with Gasteiger partial charge < -0.3 is 5.11 Å². The highest BCUT2D eigenvalue weighted by molar-refractivity contribution is 6.42. The molecule has 1 aliphatic rings. The van der Waals surface area contributed by atoms with E-state index in [1.54, 1.807) is 6.07 Å². The van der Waals surface area contributed by atoms with Gasteiger partial charge in [-0.2, -0.15) is 0 Å². The van der Waals surface area contributed by atoms with Crippen LogP contribution in [0.15, 0.2) is 18.2 Å². The fourth-order valence-corrected chi connectivity index (χ4v) is 3.73. The summed E-state index contributed by atoms with van der Waals surface area (Å²) < 4.78 is 0. The Morgan fingerprint density at radius 3 is 2.56 bits per heavy atom. The molecule has 0 heterocycles. The molecular weight excluding hydrogens is 267 g/mol. The molecule has 0 amide bonds. The molecule has 1 saturated carbocycles. The Labute approximate surface area is 119 Å². The molecule has 100 valence electrons. The van der Waals surface area contributed by atoms with Crippen LogP contribution in [-0.2, 0) is 6.42 Å². The van der Waals surface area contributed by atoms with E-state index in [2.05, 4.69) is 20.8 Å². The van der Waals surface area contributed by atoms with Gasteiger partial charge in [0.25, 0.3) is 0 Å². The lowest BCUT2D eigenvalue weighted by Crippen LogP contribution is -2.34. The summed E-state index contributed by atoms with van der Waals surface area (Å²) in [6.45, 7) is 6.54. The number of hydrogen-bond donors (Lipinski definition) is 1. The zero-order chi connectivity index (χ0) is 13.6. The Hall–Kier alpha value is -0.240. The van der Waals surface area contributed by atoms with E-state index in [1.165, 1.54) is 0 Å². The maximum atomic E-state index is 10.9. The first-order chi connectivity index (χ1) is 8.23. The lowest BCUT2D eigenvalue weighted by molar-refractivity contribution is 0.00447. The van der Waals surface area contributed by atoms with E-state index in [4.69, 9.17) is 23.2 Å². The Bertz CT molecular complexity index is 456. The minimum atomic E-state index is -0.669. The number of rotatable bonds is 2. The van der Waals surface area contributed by atoms with Crippen LogP contribution >= 0.6 is 23.2 Å². The van der Waals surface area contributed by atoms with Crippen molar-refractivity contribution in [1.82, 2.24) is 0 Å². The molecule has 1 fully saturated rings. The van der Waals surface area contributed by atoms with Crippen LogP contribution in [-0.4, -0.2) is 10.7 Å². The molecule has 1 nitrogen and oxygen atoms in total. The van der Waals surface area contributed by atoms with Gasteiger partial charge in [-0.3, -0.25) is 0 Å². The number of halogens is 2. The number of hydrogen-bond acceptors (Lipinski definition) is 1. The van der Waals surface area contributed by atoms with Crippen molar-refractivity contribution >= 4 is 23.2 Å². The summed E-state index contributed by atoms with van der Waals surface area (Å²) in [5.41, 5.74) is 0.466. The first-order valence-corrected chi connectivity index (χ1v) is 7.14. The van der Waals surface area contributed by atoms with E-state index in [-0.39, 0.29) is 11.3 Å². The Morgan fingerprint density at radius 2 is 2.00 bits per heavy atom. The second-order valence-corrected chi connectivity index (χ2v) is 7.22. The summed E-state index contributed by atoms with van der Waals surface area (Å²) in [6.07, 6.45) is 2.43. The van der Waals surface area contributed by atoms with Crippen molar-refractivity contribution in [2.24, 2.45) is 11.3 Å². The van der Waals surface area contributed by atoms with Crippen molar-refractivity contribution in [2.75, 3.05) is 0 Å². The van der Waals surface area contributed by atoms with E-state index in [0.717, 1.165) is 18.4 Å². The second-order valence-electron chi connectivity index (χ2n) is 6.44. The summed E-state index contributed by atoms with van der Waals surface area (Å²) >= 11 is 12.2. The first kappa shape index (κ1) is 14.2. The summed E-state index contributed by atoms with van der Waals surface area (Å²) in [5.74, 6) is 0.280. The highest BCUT2D eigenvalue weighted by Crippen LogP contribution is 2.49. The quantitative estimate of drug-likeness (QED) is 0.834. The summed E-state index contributed by atoms with van der Waals surface area (Å²) in [6, 6.07) is 5.61. The molecule has 3 heteroatoms. The molecule has 0 saturated heterocycles. The normalized spacial score (nSPS) is 30.7. The van der Waals surface area contributed by atoms with Gasteiger partial charge in [-0.05, 0) is 35.8 Å². The third kappa shape index (κ3) is 2.68. The molecule has 0 aromatic heterocycles. The monoisotopic (exact) mass is 286 g/mol. The summed E-state index contributed by atoms with van der Waals surface area (Å²) in [5, 5.41) is 12.0. The van der Waals surface area contributed by atoms with Gasteiger partial charge in [-0.1, -0.05) is 56.1 Å². The lowest BCUT2D eigenvalue weighted by atomic mass is 9.84. The largest absolute Gasteiger partial charge is 0.389 e. The predicted octanol–water partition coefficient (Wildman–Crippen LogP) is 4.72. The molecule has 1 aromatic rings. The SMILES string of the molecule is CC1CC(C)(C)CC1(O)Cc1cccc(Cl)c1Cl. The molecule has 2 atom stereocenters. The zero-order valence-corrected chi connectivity index (χ0v) is 12.6. The minimum Gasteiger partial charge on any atom is -0.389 e. The van der Waals surface area contributed by atoms with Gasteiger partial charge in [-0.25, -0.2) is 0 Å². The van der Waals surface area contributed by atoms with Crippen LogP contribution in [0.2, 0.25) is 10.0 Å². The molecule has 1 aliphatic carbocycles. The maximum absolute atomic E-state index is 10.9. The van der Waals surface area contributed by atoms with E-state index >= 15 is 0 Å². The molecule has 0 aliphatic heterocycles. The molecule has 1 N–H and O–H groups in total. The van der Waals surface area contributed by atoms with Crippen LogP contribution in [0.5, 0.6) is 0 Å². The van der Waals surface area contributed by atoms with Crippen LogP contribution in [0.25, 0.3) is 0 Å². The van der Waals surface area contributed by atoms with Crippen LogP contribution in [0.3, 0.4) is 0 Å². The van der Waals surface area contributed by atoms with Crippen molar-refractivity contribution in [3.63, 3.8) is 0 Å². The fourth-order valence-electron chi connectivity index (χ4n) is 3.35. The highest BCUT2D eigenvalue weighted by atomic mass is 35.5. The molecule has 2 rings (SSSR count). The molecule has 0 bridgehead atoms. The third-order valence-electron chi connectivity index (χ3n) is 4.09. The van der Waals surface area contributed by atoms with Gasteiger partial charge in [0.05, 0.1) is 15.6 Å². The zero-order valence-electron chi connectivity index (χ0n) is 11.1. The van der Waals surface area contributed by atoms with Gasteiger partial charge in [0.1, 0.15) is 0 Å². The van der Waals surface area contributed by atoms with Gasteiger partial charge in [-0.15, -0.1) is 0 Å². The van der Waals surface area contributed by atoms with Crippen LogP contribution < -0.4 is 0 Å². The highest BCUT2D eigenvalue weighted by Gasteiger charge is 2.47. The standard InChI is InChI=1S/C15H20Cl2O/c1-10-7-14(2,3)9-15(10,18)8-11-5-4-6-12(16)13(11)17/h4-6,10,18H,7-9H2,1-3H3. The van der Waals surface area contributed by atoms with Gasteiger partial charge in [0, 0.05) is 6.42 Å². The Balaban J connectivity index is 2.26. The summed E-state index contributed by atoms with van der Waals surface area (Å²) in [7, 11) is 0. The average molecular weight is 287 g/mol. The van der Waals surface area contributed by atoms with Crippen molar-refractivity contribution in [1.29, 1.82) is 0 Å². The molecule has 1 aromatic carbocycles. The van der Waals surface area contributed by atoms with Gasteiger partial charge in [0.15, 0.2) is 0 Å². The molecule has 18 heavy (non-hydrogen) atoms. The molecule has 0 radical (unpaired) electrons. The second kappa shape index (κ2) is 4.70. The van der Waals surface area contributed by atoms with Gasteiger partial charge in [0.2, 0.25) is 0 Å². The van der Waals surface area contributed by atoms with Gasteiger partial charge >= 0.3 is 0 Å². The Kier molecular flexibility index (Phi) is 3.70. The van der Waals surface area contributed by atoms with Crippen LogP contribution in [0.4, 0.5) is 0 Å². The summed E-state index contributed by atoms with van der Waals surface area (Å²) in [4.78, 5) is 0. The Morgan fingerprint density at radius 1 is 1.33 bits per heavy atom. The minimum absolute atomic E-state index is 0.194. The number of benzene rings is 1. The van der Waals surface area contributed by atoms with Crippen molar-refractivity contribution < 1.29 is 5.11 Å². The average Bonchev–Trinajstić information content (AvgIpc) is 2.43. The molecular formula is C15H20Cl2O. The van der Waals surface area contributed by atoms with E-state index in [9.17, 15) is 5.11 Å². The van der Waals surface area contributed by atoms with Crippen LogP contribution in [0.1, 0.15) is 39.2 Å². The van der Waals surface area contributed by atoms with Crippen LogP contribution in [0, 0.1) is 11.3 Å². The third-order valence-corrected chi connectivity index (χ3v) is 4.95. The topological polar surface area (TPSA) is 20.2 Å². The van der Waals surface area contributed by atoms with Crippen molar-refractivity contribution in [3.05, 3.63) is 33.8 Å². The fraction of sp³-hybridized carbons (Fsp3) is 0.600.